The van der Waals surface area contributed by atoms with Crippen molar-refractivity contribution in [1.82, 2.24) is 5.32 Å². The van der Waals surface area contributed by atoms with Crippen LogP contribution in [-0.2, 0) is 11.3 Å². The van der Waals surface area contributed by atoms with Crippen LogP contribution in [0.5, 0.6) is 5.75 Å². The van der Waals surface area contributed by atoms with Crippen LogP contribution >= 0.6 is 11.6 Å². The molecule has 1 rings (SSSR count). The van der Waals surface area contributed by atoms with Crippen LogP contribution in [0.1, 0.15) is 5.56 Å². The summed E-state index contributed by atoms with van der Waals surface area (Å²) in [5.74, 6) is 0.118. The Morgan fingerprint density at radius 2 is 2.12 bits per heavy atom. The number of para-hydroxylation sites is 1. The first kappa shape index (κ1) is 13.3. The van der Waals surface area contributed by atoms with Crippen molar-refractivity contribution >= 4 is 11.6 Å². The molecule has 0 fully saturated rings. The Morgan fingerprint density at radius 3 is 2.88 bits per heavy atom. The highest BCUT2D eigenvalue weighted by Crippen LogP contribution is 2.26. The molecule has 0 bridgehead atoms. The fourth-order valence-corrected chi connectivity index (χ4v) is 1.43. The van der Waals surface area contributed by atoms with Gasteiger partial charge >= 0.3 is 0 Å². The van der Waals surface area contributed by atoms with Gasteiger partial charge in [-0.05, 0) is 6.07 Å². The maximum absolute atomic E-state index is 9.60. The number of hydrogen-bond donors (Lipinski definition) is 3. The molecule has 0 amide bonds. The lowest BCUT2D eigenvalue weighted by molar-refractivity contribution is 0.0938. The molecule has 1 aromatic rings. The molecular formula is C11H16ClNO3. The van der Waals surface area contributed by atoms with Gasteiger partial charge in [-0.2, -0.15) is 0 Å². The zero-order valence-electron chi connectivity index (χ0n) is 8.95. The lowest BCUT2D eigenvalue weighted by Crippen LogP contribution is -2.20. The van der Waals surface area contributed by atoms with Gasteiger partial charge in [0.2, 0.25) is 0 Å². The molecule has 0 aliphatic carbocycles. The summed E-state index contributed by atoms with van der Waals surface area (Å²) in [5.41, 5.74) is 0.759. The number of nitrogens with one attached hydrogen (secondary N) is 1. The van der Waals surface area contributed by atoms with Crippen molar-refractivity contribution in [2.45, 2.75) is 6.54 Å². The number of phenols is 1. The van der Waals surface area contributed by atoms with Crippen molar-refractivity contribution in [2.24, 2.45) is 0 Å². The van der Waals surface area contributed by atoms with Crippen molar-refractivity contribution in [3.8, 4) is 5.75 Å². The Bertz CT molecular complexity index is 320. The highest BCUT2D eigenvalue weighted by Gasteiger charge is 2.03. The molecule has 16 heavy (non-hydrogen) atoms. The maximum atomic E-state index is 9.60. The molecule has 90 valence electrons. The average molecular weight is 246 g/mol. The van der Waals surface area contributed by atoms with E-state index >= 15 is 0 Å². The molecule has 0 unspecified atom stereocenters. The summed E-state index contributed by atoms with van der Waals surface area (Å²) in [6.07, 6.45) is 0. The second-order valence-corrected chi connectivity index (χ2v) is 3.67. The number of benzene rings is 1. The molecule has 0 saturated heterocycles. The van der Waals surface area contributed by atoms with Gasteiger partial charge in [-0.15, -0.1) is 0 Å². The minimum absolute atomic E-state index is 0.0368. The summed E-state index contributed by atoms with van der Waals surface area (Å²) in [4.78, 5) is 0. The lowest BCUT2D eigenvalue weighted by Gasteiger charge is -2.07. The van der Waals surface area contributed by atoms with Gasteiger partial charge < -0.3 is 20.3 Å². The quantitative estimate of drug-likeness (QED) is 0.631. The first-order valence-corrected chi connectivity index (χ1v) is 5.49. The van der Waals surface area contributed by atoms with Crippen molar-refractivity contribution in [1.29, 1.82) is 0 Å². The van der Waals surface area contributed by atoms with Crippen LogP contribution in [0.3, 0.4) is 0 Å². The molecule has 0 aliphatic rings. The minimum atomic E-state index is 0.0368. The highest BCUT2D eigenvalue weighted by molar-refractivity contribution is 6.32. The predicted molar refractivity (Wildman–Crippen MR) is 62.7 cm³/mol. The molecule has 0 atom stereocenters. The second kappa shape index (κ2) is 7.46. The number of phenolic OH excluding ortho intramolecular Hbond substituents is 1. The van der Waals surface area contributed by atoms with Gasteiger partial charge in [0.05, 0.1) is 24.8 Å². The van der Waals surface area contributed by atoms with Crippen molar-refractivity contribution in [2.75, 3.05) is 26.4 Å². The molecular weight excluding hydrogens is 230 g/mol. The van der Waals surface area contributed by atoms with Gasteiger partial charge in [0.25, 0.3) is 0 Å². The minimum Gasteiger partial charge on any atom is -0.506 e. The number of ether oxygens (including phenoxy) is 1. The summed E-state index contributed by atoms with van der Waals surface area (Å²) < 4.78 is 5.07. The Kier molecular flexibility index (Phi) is 6.18. The molecule has 0 spiro atoms. The summed E-state index contributed by atoms with van der Waals surface area (Å²) in [6, 6.07) is 5.24. The molecule has 3 N–H and O–H groups in total. The first-order valence-electron chi connectivity index (χ1n) is 5.11. The van der Waals surface area contributed by atoms with E-state index in [4.69, 9.17) is 21.4 Å². The van der Waals surface area contributed by atoms with E-state index in [2.05, 4.69) is 5.32 Å². The Morgan fingerprint density at radius 1 is 1.31 bits per heavy atom. The first-order chi connectivity index (χ1) is 7.75. The van der Waals surface area contributed by atoms with E-state index in [1.54, 1.807) is 12.1 Å². The molecule has 0 saturated carbocycles. The fourth-order valence-electron chi connectivity index (χ4n) is 1.24. The zero-order chi connectivity index (χ0) is 11.8. The number of aliphatic hydroxyl groups is 1. The number of aromatic hydroxyl groups is 1. The van der Waals surface area contributed by atoms with E-state index in [9.17, 15) is 5.11 Å². The molecule has 4 nitrogen and oxygen atoms in total. The molecule has 1 aromatic carbocycles. The molecule has 0 radical (unpaired) electrons. The van der Waals surface area contributed by atoms with Crippen LogP contribution in [0.2, 0.25) is 5.02 Å². The second-order valence-electron chi connectivity index (χ2n) is 3.26. The smallest absolute Gasteiger partial charge is 0.138 e. The normalized spacial score (nSPS) is 10.6. The highest BCUT2D eigenvalue weighted by atomic mass is 35.5. The van der Waals surface area contributed by atoms with Gasteiger partial charge in [0, 0.05) is 18.7 Å². The van der Waals surface area contributed by atoms with Crippen LogP contribution in [0.4, 0.5) is 0 Å². The van der Waals surface area contributed by atoms with Gasteiger partial charge in [-0.3, -0.25) is 0 Å². The van der Waals surface area contributed by atoms with Gasteiger partial charge in [-0.1, -0.05) is 23.7 Å². The van der Waals surface area contributed by atoms with E-state index < -0.39 is 0 Å². The van der Waals surface area contributed by atoms with Crippen LogP contribution in [-0.4, -0.2) is 36.6 Å². The standard InChI is InChI=1S/C11H16ClNO3/c12-10-3-1-2-9(11(10)15)8-13-4-6-16-7-5-14/h1-3,13-15H,4-8H2. The number of halogens is 1. The Balaban J connectivity index is 2.24. The van der Waals surface area contributed by atoms with Crippen molar-refractivity contribution in [3.05, 3.63) is 28.8 Å². The summed E-state index contributed by atoms with van der Waals surface area (Å²) >= 11 is 5.76. The van der Waals surface area contributed by atoms with Crippen molar-refractivity contribution in [3.63, 3.8) is 0 Å². The Labute approximate surface area is 99.8 Å². The van der Waals surface area contributed by atoms with E-state index in [1.165, 1.54) is 0 Å². The van der Waals surface area contributed by atoms with Crippen LogP contribution in [0, 0.1) is 0 Å². The third-order valence-electron chi connectivity index (χ3n) is 2.04. The van der Waals surface area contributed by atoms with Gasteiger partial charge in [0.15, 0.2) is 0 Å². The molecule has 5 heteroatoms. The van der Waals surface area contributed by atoms with E-state index in [-0.39, 0.29) is 12.4 Å². The van der Waals surface area contributed by atoms with Crippen molar-refractivity contribution < 1.29 is 14.9 Å². The summed E-state index contributed by atoms with van der Waals surface area (Å²) in [5, 5.41) is 21.5. The van der Waals surface area contributed by atoms with E-state index in [1.807, 2.05) is 6.07 Å². The number of rotatable bonds is 7. The van der Waals surface area contributed by atoms with Gasteiger partial charge in [0.1, 0.15) is 5.75 Å². The lowest BCUT2D eigenvalue weighted by atomic mass is 10.2. The summed E-state index contributed by atoms with van der Waals surface area (Å²) in [6.45, 7) is 2.11. The van der Waals surface area contributed by atoms with Gasteiger partial charge in [-0.25, -0.2) is 0 Å². The molecule has 0 heterocycles. The topological polar surface area (TPSA) is 61.7 Å². The zero-order valence-corrected chi connectivity index (χ0v) is 9.70. The van der Waals surface area contributed by atoms with Crippen LogP contribution in [0.15, 0.2) is 18.2 Å². The Hall–Kier alpha value is -0.810. The molecule has 0 aliphatic heterocycles. The monoisotopic (exact) mass is 245 g/mol. The third kappa shape index (κ3) is 4.37. The third-order valence-corrected chi connectivity index (χ3v) is 2.35. The van der Waals surface area contributed by atoms with Crippen LogP contribution < -0.4 is 5.32 Å². The molecule has 0 aromatic heterocycles. The predicted octanol–water partition coefficient (Wildman–Crippen LogP) is 1.14. The number of hydrogen-bond acceptors (Lipinski definition) is 4. The SMILES string of the molecule is OCCOCCNCc1cccc(Cl)c1O. The van der Waals surface area contributed by atoms with E-state index in [0.29, 0.717) is 31.3 Å². The van der Waals surface area contributed by atoms with Crippen LogP contribution in [0.25, 0.3) is 0 Å². The average Bonchev–Trinajstić information content (AvgIpc) is 2.29. The maximum Gasteiger partial charge on any atom is 0.138 e. The van der Waals surface area contributed by atoms with E-state index in [0.717, 1.165) is 5.56 Å². The largest absolute Gasteiger partial charge is 0.506 e. The number of aliphatic hydroxyl groups excluding tert-OH is 1. The fraction of sp³-hybridized carbons (Fsp3) is 0.455. The summed E-state index contributed by atoms with van der Waals surface area (Å²) in [7, 11) is 0.